The third-order valence-corrected chi connectivity index (χ3v) is 1.03. The van der Waals surface area contributed by atoms with Crippen molar-refractivity contribution in [1.82, 2.24) is 0 Å². The van der Waals surface area contributed by atoms with Gasteiger partial charge in [0.2, 0.25) is 6.17 Å². The van der Waals surface area contributed by atoms with E-state index in [0.717, 1.165) is 0 Å². The van der Waals surface area contributed by atoms with Gasteiger partial charge in [-0.05, 0) is 0 Å². The highest BCUT2D eigenvalue weighted by Gasteiger charge is 2.46. The fraction of sp³-hybridized carbons (Fsp3) is 1.00. The van der Waals surface area contributed by atoms with Crippen molar-refractivity contribution >= 4 is 0 Å². The normalized spacial score (nSPS) is 14.4. The molecule has 0 heterocycles. The minimum atomic E-state index is -5.35. The Morgan fingerprint density at radius 3 is 1.57 bits per heavy atom. The second kappa shape index (κ2) is 6.02. The Bertz CT molecular complexity index is 139. The van der Waals surface area contributed by atoms with E-state index in [0.29, 0.717) is 7.18 Å². The number of hydrogen-bond donors (Lipinski definition) is 0. The van der Waals surface area contributed by atoms with Gasteiger partial charge in [-0.2, -0.15) is 13.2 Å². The van der Waals surface area contributed by atoms with Crippen molar-refractivity contribution in [3.63, 3.8) is 0 Å². The van der Waals surface area contributed by atoms with Crippen molar-refractivity contribution in [3.05, 3.63) is 0 Å². The molecule has 0 aliphatic carbocycles. The molecule has 0 nitrogen and oxygen atoms in total. The lowest BCUT2D eigenvalue weighted by Gasteiger charge is -2.17. The second-order valence-electron chi connectivity index (χ2n) is 2.20. The summed E-state index contributed by atoms with van der Waals surface area (Å²) in [4.78, 5) is 0. The molecule has 0 rings (SSSR count). The number of rotatable bonds is 3. The first-order chi connectivity index (χ1) is 6.19. The third kappa shape index (κ3) is 6.90. The lowest BCUT2D eigenvalue weighted by Crippen LogP contribution is -2.33. The molecule has 0 saturated heterocycles. The smallest absolute Gasteiger partial charge is 0.255 e. The van der Waals surface area contributed by atoms with E-state index >= 15 is 0 Å². The maximum absolute atomic E-state index is 11.8. The lowest BCUT2D eigenvalue weighted by molar-refractivity contribution is -0.200. The van der Waals surface area contributed by atoms with Gasteiger partial charge >= 0.3 is 6.18 Å². The van der Waals surface area contributed by atoms with Gasteiger partial charge in [0.05, 0.1) is 13.6 Å². The topological polar surface area (TPSA) is 0 Å². The van der Waals surface area contributed by atoms with Gasteiger partial charge in [-0.3, -0.25) is 4.39 Å². The molecule has 1 atom stereocenters. The molecule has 0 aromatic rings. The molecule has 0 aromatic carbocycles. The van der Waals surface area contributed by atoms with Crippen LogP contribution in [0, 0.1) is 0 Å². The lowest BCUT2D eigenvalue weighted by atomic mass is 10.2. The van der Waals surface area contributed by atoms with E-state index in [1.807, 2.05) is 0 Å². The molecule has 1 unspecified atom stereocenters. The van der Waals surface area contributed by atoms with E-state index in [1.54, 1.807) is 0 Å². The summed E-state index contributed by atoms with van der Waals surface area (Å²) >= 11 is 0. The summed E-state index contributed by atoms with van der Waals surface area (Å²) in [7, 11) is 0.500. The van der Waals surface area contributed by atoms with E-state index in [4.69, 9.17) is 0 Å². The van der Waals surface area contributed by atoms with Crippen molar-refractivity contribution in [2.45, 2.75) is 24.7 Å². The summed E-state index contributed by atoms with van der Waals surface area (Å²) in [6.45, 7) is -2.29. The van der Waals surface area contributed by atoms with Crippen LogP contribution in [-0.4, -0.2) is 32.1 Å². The van der Waals surface area contributed by atoms with Gasteiger partial charge in [0.25, 0.3) is 5.92 Å². The molecule has 0 bridgehead atoms. The summed E-state index contributed by atoms with van der Waals surface area (Å²) in [5.74, 6) is -4.24. The average molecular weight is 232 g/mol. The first-order valence-electron chi connectivity index (χ1n) is 3.21. The fourth-order valence-electron chi connectivity index (χ4n) is 0.432. The van der Waals surface area contributed by atoms with Gasteiger partial charge in [0.15, 0.2) is 6.67 Å². The van der Waals surface area contributed by atoms with Crippen LogP contribution >= 0.6 is 0 Å². The molecule has 8 heteroatoms. The van der Waals surface area contributed by atoms with Crippen molar-refractivity contribution in [2.24, 2.45) is 0 Å². The van der Waals surface area contributed by atoms with Gasteiger partial charge in [0, 0.05) is 0 Å². The van der Waals surface area contributed by atoms with E-state index in [2.05, 4.69) is 0 Å². The predicted molar refractivity (Wildman–Crippen MR) is 33.5 cm³/mol. The van der Waals surface area contributed by atoms with Crippen LogP contribution in [0.5, 0.6) is 0 Å². The average Bonchev–Trinajstić information content (AvgIpc) is 2.06. The maximum Gasteiger partial charge on any atom is 0.419 e. The molecule has 0 aliphatic heterocycles. The van der Waals surface area contributed by atoms with Gasteiger partial charge in [-0.1, -0.05) is 0 Å². The summed E-state index contributed by atoms with van der Waals surface area (Å²) in [5, 5.41) is 0. The third-order valence-electron chi connectivity index (χ3n) is 1.03. The molecule has 0 radical (unpaired) electrons. The van der Waals surface area contributed by atoms with E-state index in [-0.39, 0.29) is 0 Å². The highest BCUT2D eigenvalue weighted by Crippen LogP contribution is 2.32. The van der Waals surface area contributed by atoms with E-state index < -0.39 is 31.4 Å². The minimum absolute atomic E-state index is 0.500. The number of halogens is 8. The van der Waals surface area contributed by atoms with Crippen LogP contribution in [0.4, 0.5) is 35.1 Å². The van der Waals surface area contributed by atoms with Gasteiger partial charge in [-0.15, -0.1) is 0 Å². The van der Waals surface area contributed by atoms with Crippen molar-refractivity contribution < 1.29 is 35.1 Å². The first kappa shape index (κ1) is 15.9. The van der Waals surface area contributed by atoms with Crippen LogP contribution in [0.1, 0.15) is 6.42 Å². The SMILES string of the molecule is CF.FCC(F)(F)CC(F)C(F)(F)F. The zero-order valence-electron chi connectivity index (χ0n) is 7.02. The Morgan fingerprint density at radius 2 is 1.36 bits per heavy atom. The Balaban J connectivity index is 0. The molecule has 0 aromatic heterocycles. The van der Waals surface area contributed by atoms with Crippen LogP contribution < -0.4 is 0 Å². The van der Waals surface area contributed by atoms with Crippen LogP contribution in [-0.2, 0) is 0 Å². The summed E-state index contributed by atoms with van der Waals surface area (Å²) in [6, 6.07) is 0. The monoisotopic (exact) mass is 232 g/mol. The molecule has 88 valence electrons. The molecule has 0 aliphatic rings. The van der Waals surface area contributed by atoms with Crippen LogP contribution in [0.2, 0.25) is 0 Å². The van der Waals surface area contributed by atoms with Crippen molar-refractivity contribution in [2.75, 3.05) is 13.9 Å². The molecule has 0 amide bonds. The van der Waals surface area contributed by atoms with Gasteiger partial charge in [-0.25, -0.2) is 17.6 Å². The van der Waals surface area contributed by atoms with E-state index in [9.17, 15) is 35.1 Å². The Labute approximate surface area is 74.9 Å². The zero-order valence-corrected chi connectivity index (χ0v) is 7.02. The fourth-order valence-corrected chi connectivity index (χ4v) is 0.432. The minimum Gasteiger partial charge on any atom is -0.255 e. The molecule has 0 fully saturated rings. The molecular weight excluding hydrogens is 224 g/mol. The number of hydrogen-bond acceptors (Lipinski definition) is 0. The van der Waals surface area contributed by atoms with Gasteiger partial charge in [0.1, 0.15) is 0 Å². The van der Waals surface area contributed by atoms with Gasteiger partial charge < -0.3 is 0 Å². The summed E-state index contributed by atoms with van der Waals surface area (Å²) < 4.78 is 90.0. The standard InChI is InChI=1S/C5H5F7.CH3F/c6-2-4(8,9)1-3(7)5(10,11)12;1-2/h3H,1-2H2;1H3. The maximum atomic E-state index is 11.8. The Morgan fingerprint density at radius 1 is 1.00 bits per heavy atom. The van der Waals surface area contributed by atoms with Crippen LogP contribution in [0.25, 0.3) is 0 Å². The first-order valence-corrected chi connectivity index (χ1v) is 3.21. The van der Waals surface area contributed by atoms with E-state index in [1.165, 1.54) is 0 Å². The summed E-state index contributed by atoms with van der Waals surface area (Å²) in [6.07, 6.45) is -11.2. The highest BCUT2D eigenvalue weighted by molar-refractivity contribution is 4.75. The Kier molecular flexibility index (Phi) is 6.84. The van der Waals surface area contributed by atoms with Crippen molar-refractivity contribution in [1.29, 1.82) is 0 Å². The molecule has 14 heavy (non-hydrogen) atoms. The number of alkyl halides is 8. The molecular formula is C6H8F8. The molecule has 0 saturated carbocycles. The largest absolute Gasteiger partial charge is 0.419 e. The van der Waals surface area contributed by atoms with Crippen LogP contribution in [0.3, 0.4) is 0 Å². The molecule has 0 spiro atoms. The second-order valence-corrected chi connectivity index (χ2v) is 2.20. The highest BCUT2D eigenvalue weighted by atomic mass is 19.4. The van der Waals surface area contributed by atoms with Crippen LogP contribution in [0.15, 0.2) is 0 Å². The quantitative estimate of drug-likeness (QED) is 0.653. The molecule has 0 N–H and O–H groups in total. The summed E-state index contributed by atoms with van der Waals surface area (Å²) in [5.41, 5.74) is 0. The van der Waals surface area contributed by atoms with Crippen molar-refractivity contribution in [3.8, 4) is 0 Å². The predicted octanol–water partition coefficient (Wildman–Crippen LogP) is 3.47. The zero-order chi connectivity index (χ0) is 12.0. The Hall–Kier alpha value is -0.560.